The molecule has 0 unspecified atom stereocenters. The van der Waals surface area contributed by atoms with Gasteiger partial charge in [-0.3, -0.25) is 4.90 Å². The van der Waals surface area contributed by atoms with Crippen molar-refractivity contribution < 1.29 is 13.2 Å². The summed E-state index contributed by atoms with van der Waals surface area (Å²) >= 11 is 0. The van der Waals surface area contributed by atoms with Gasteiger partial charge in [-0.25, -0.2) is 18.1 Å². The molecule has 1 aliphatic heterocycles. The predicted molar refractivity (Wildman–Crippen MR) is 136 cm³/mol. The lowest BCUT2D eigenvalue weighted by Crippen LogP contribution is -2.41. The van der Waals surface area contributed by atoms with Crippen molar-refractivity contribution >= 4 is 10.0 Å². The number of ether oxygens (including phenoxy) is 1. The van der Waals surface area contributed by atoms with E-state index in [1.54, 1.807) is 11.6 Å². The Morgan fingerprint density at radius 1 is 1.11 bits per heavy atom. The van der Waals surface area contributed by atoms with Crippen LogP contribution in [0.25, 0.3) is 0 Å². The fourth-order valence-corrected chi connectivity index (χ4v) is 6.51. The van der Waals surface area contributed by atoms with Gasteiger partial charge in [0.25, 0.3) is 10.0 Å². The first-order valence-electron chi connectivity index (χ1n) is 12.5. The maximum Gasteiger partial charge on any atom is 0.259 e. The molecular weight excluding hydrogens is 460 g/mol. The molecule has 0 saturated carbocycles. The maximum atomic E-state index is 12.4. The number of benzene rings is 2. The number of imidazole rings is 1. The van der Waals surface area contributed by atoms with Crippen molar-refractivity contribution in [3.8, 4) is 5.75 Å². The molecule has 1 saturated heterocycles. The number of fused-ring (bicyclic) bond motifs is 1. The summed E-state index contributed by atoms with van der Waals surface area (Å²) < 4.78 is 34.9. The van der Waals surface area contributed by atoms with Crippen LogP contribution in [0.3, 0.4) is 0 Å². The lowest BCUT2D eigenvalue weighted by molar-refractivity contribution is 0.188. The van der Waals surface area contributed by atoms with Gasteiger partial charge in [0.15, 0.2) is 5.03 Å². The van der Waals surface area contributed by atoms with Gasteiger partial charge >= 0.3 is 0 Å². The molecule has 2 heterocycles. The number of sulfonamides is 1. The van der Waals surface area contributed by atoms with Crippen LogP contribution in [0.1, 0.15) is 41.9 Å². The van der Waals surface area contributed by atoms with E-state index in [0.29, 0.717) is 12.0 Å². The zero-order chi connectivity index (χ0) is 24.3. The minimum atomic E-state index is -3.64. The van der Waals surface area contributed by atoms with E-state index in [4.69, 9.17) is 4.74 Å². The normalized spacial score (nSPS) is 20.6. The van der Waals surface area contributed by atoms with Gasteiger partial charge in [0.2, 0.25) is 0 Å². The van der Waals surface area contributed by atoms with Gasteiger partial charge in [0.1, 0.15) is 12.4 Å². The molecule has 186 valence electrons. The maximum absolute atomic E-state index is 12.4. The third kappa shape index (κ3) is 5.60. The highest BCUT2D eigenvalue weighted by molar-refractivity contribution is 7.89. The van der Waals surface area contributed by atoms with Crippen LogP contribution in [0.15, 0.2) is 66.1 Å². The summed E-state index contributed by atoms with van der Waals surface area (Å²) in [6, 6.07) is 17.7. The van der Waals surface area contributed by atoms with Crippen molar-refractivity contribution in [2.75, 3.05) is 26.2 Å². The van der Waals surface area contributed by atoms with Crippen LogP contribution >= 0.6 is 0 Å². The molecule has 2 atom stereocenters. The molecular formula is C27H34N4O3S. The smallest absolute Gasteiger partial charge is 0.259 e. The molecule has 2 aromatic carbocycles. The van der Waals surface area contributed by atoms with Crippen LogP contribution in [0, 0.1) is 0 Å². The Morgan fingerprint density at radius 2 is 1.91 bits per heavy atom. The van der Waals surface area contributed by atoms with Crippen LogP contribution in [0.4, 0.5) is 0 Å². The first-order chi connectivity index (χ1) is 17.0. The summed E-state index contributed by atoms with van der Waals surface area (Å²) in [5, 5.41) is 0.0190. The number of hydrogen-bond acceptors (Lipinski definition) is 5. The molecule has 1 fully saturated rings. The van der Waals surface area contributed by atoms with E-state index in [2.05, 4.69) is 57.1 Å². The third-order valence-electron chi connectivity index (χ3n) is 7.22. The molecule has 0 spiro atoms. The number of likely N-dealkylation sites (tertiary alicyclic amines) is 1. The third-order valence-corrected chi connectivity index (χ3v) is 8.56. The zero-order valence-electron chi connectivity index (χ0n) is 20.3. The van der Waals surface area contributed by atoms with Crippen molar-refractivity contribution in [2.24, 2.45) is 7.05 Å². The predicted octanol–water partition coefficient (Wildman–Crippen LogP) is 3.51. The quantitative estimate of drug-likeness (QED) is 0.461. The molecule has 35 heavy (non-hydrogen) atoms. The van der Waals surface area contributed by atoms with E-state index in [0.717, 1.165) is 18.6 Å². The summed E-state index contributed by atoms with van der Waals surface area (Å²) in [6.45, 7) is 2.82. The van der Waals surface area contributed by atoms with Crippen molar-refractivity contribution in [1.29, 1.82) is 0 Å². The van der Waals surface area contributed by atoms with Crippen LogP contribution < -0.4 is 9.46 Å². The summed E-state index contributed by atoms with van der Waals surface area (Å²) in [5.41, 5.74) is 4.15. The van der Waals surface area contributed by atoms with Crippen LogP contribution in [0.2, 0.25) is 0 Å². The second-order valence-electron chi connectivity index (χ2n) is 9.63. The monoisotopic (exact) mass is 494 g/mol. The molecule has 0 bridgehead atoms. The zero-order valence-corrected chi connectivity index (χ0v) is 21.1. The number of aryl methyl sites for hydroxylation is 2. The van der Waals surface area contributed by atoms with Gasteiger partial charge in [-0.05, 0) is 74.0 Å². The van der Waals surface area contributed by atoms with Gasteiger partial charge in [-0.1, -0.05) is 36.4 Å². The minimum Gasteiger partial charge on any atom is -0.492 e. The van der Waals surface area contributed by atoms with E-state index in [1.807, 2.05) is 6.07 Å². The molecule has 8 heteroatoms. The van der Waals surface area contributed by atoms with E-state index in [-0.39, 0.29) is 18.2 Å². The minimum absolute atomic E-state index is 0.0190. The fraction of sp³-hybridized carbons (Fsp3) is 0.444. The molecule has 5 rings (SSSR count). The molecule has 7 nitrogen and oxygen atoms in total. The lowest BCUT2D eigenvalue weighted by atomic mass is 9.75. The first-order valence-corrected chi connectivity index (χ1v) is 14.0. The highest BCUT2D eigenvalue weighted by Crippen LogP contribution is 2.40. The number of aromatic nitrogens is 2. The molecule has 2 aliphatic rings. The average Bonchev–Trinajstić information content (AvgIpc) is 3.55. The molecule has 0 radical (unpaired) electrons. The number of nitrogens with one attached hydrogen (secondary N) is 1. The van der Waals surface area contributed by atoms with Gasteiger partial charge in [0.05, 0.1) is 6.33 Å². The highest BCUT2D eigenvalue weighted by Gasteiger charge is 2.35. The molecule has 0 amide bonds. The van der Waals surface area contributed by atoms with E-state index in [9.17, 15) is 8.42 Å². The van der Waals surface area contributed by atoms with Crippen LogP contribution in [-0.2, 0) is 29.9 Å². The summed E-state index contributed by atoms with van der Waals surface area (Å²) in [4.78, 5) is 6.61. The van der Waals surface area contributed by atoms with Crippen LogP contribution in [-0.4, -0.2) is 55.2 Å². The standard InChI is InChI=1S/C27H34N4O3S/c1-30-19-27(28-20-30)35(32,33)29-13-16-34-23-11-9-22-10-12-26(31-14-5-6-15-31)25(24(22)18-23)17-21-7-3-2-4-8-21/h2-4,7-9,11,18-20,25-26,29H,5-6,10,12-17H2,1H3/t25-,26+/m1/s1. The Kier molecular flexibility index (Phi) is 7.22. The van der Waals surface area contributed by atoms with Crippen LogP contribution in [0.5, 0.6) is 5.75 Å². The summed E-state index contributed by atoms with van der Waals surface area (Å²) in [6.07, 6.45) is 8.84. The van der Waals surface area contributed by atoms with Gasteiger partial charge in [0, 0.05) is 31.7 Å². The molecule has 1 aromatic heterocycles. The van der Waals surface area contributed by atoms with Gasteiger partial charge in [-0.2, -0.15) is 0 Å². The molecule has 3 aromatic rings. The van der Waals surface area contributed by atoms with E-state index in [1.165, 1.54) is 61.6 Å². The Bertz CT molecular complexity index is 1240. The SMILES string of the molecule is Cn1cnc(S(=O)(=O)NCCOc2ccc3c(c2)[C@@H](Cc2ccccc2)[C@@H](N2CCCC2)CC3)c1. The van der Waals surface area contributed by atoms with Crippen molar-refractivity contribution in [3.05, 3.63) is 77.7 Å². The Morgan fingerprint density at radius 3 is 2.66 bits per heavy atom. The Hall–Kier alpha value is -2.68. The van der Waals surface area contributed by atoms with Crippen molar-refractivity contribution in [1.82, 2.24) is 19.2 Å². The second kappa shape index (κ2) is 10.5. The average molecular weight is 495 g/mol. The van der Waals surface area contributed by atoms with E-state index >= 15 is 0 Å². The number of hydrogen-bond donors (Lipinski definition) is 1. The van der Waals surface area contributed by atoms with Gasteiger partial charge < -0.3 is 9.30 Å². The summed E-state index contributed by atoms with van der Waals surface area (Å²) in [7, 11) is -1.90. The topological polar surface area (TPSA) is 76.5 Å². The number of rotatable bonds is 9. The Balaban J connectivity index is 1.29. The van der Waals surface area contributed by atoms with E-state index < -0.39 is 10.0 Å². The summed E-state index contributed by atoms with van der Waals surface area (Å²) in [5.74, 6) is 1.21. The highest BCUT2D eigenvalue weighted by atomic mass is 32.2. The lowest BCUT2D eigenvalue weighted by Gasteiger charge is -2.39. The second-order valence-corrected chi connectivity index (χ2v) is 11.3. The first kappa shape index (κ1) is 24.0. The number of nitrogens with zero attached hydrogens (tertiary/aromatic N) is 3. The van der Waals surface area contributed by atoms with Gasteiger partial charge in [-0.15, -0.1) is 0 Å². The largest absolute Gasteiger partial charge is 0.492 e. The molecule has 1 aliphatic carbocycles. The molecule has 1 N–H and O–H groups in total. The Labute approximate surface area is 208 Å². The fourth-order valence-electron chi connectivity index (χ4n) is 5.52. The van der Waals surface area contributed by atoms with Crippen molar-refractivity contribution in [3.63, 3.8) is 0 Å². The van der Waals surface area contributed by atoms with Crippen molar-refractivity contribution in [2.45, 2.75) is 49.1 Å².